The Labute approximate surface area is 196 Å². The van der Waals surface area contributed by atoms with E-state index in [0.717, 1.165) is 39.5 Å². The Morgan fingerprint density at radius 2 is 1.72 bits per heavy atom. The van der Waals surface area contributed by atoms with Crippen molar-refractivity contribution >= 4 is 28.4 Å². The summed E-state index contributed by atoms with van der Waals surface area (Å²) in [4.78, 5) is 7.16. The Morgan fingerprint density at radius 3 is 2.31 bits per heavy atom. The minimum Gasteiger partial charge on any atom is -0.493 e. The summed E-state index contributed by atoms with van der Waals surface area (Å²) in [7, 11) is 4.87. The molecule has 0 saturated heterocycles. The highest BCUT2D eigenvalue weighted by Gasteiger charge is 2.18. The molecule has 0 aliphatic heterocycles. The van der Waals surface area contributed by atoms with Gasteiger partial charge in [0, 0.05) is 10.9 Å². The number of thiophene rings is 1. The second kappa shape index (κ2) is 10.4. The minimum absolute atomic E-state index is 0.360. The van der Waals surface area contributed by atoms with Gasteiger partial charge in [-0.05, 0) is 43.3 Å². The molecule has 0 unspecified atom stereocenters. The van der Waals surface area contributed by atoms with E-state index in [0.29, 0.717) is 23.3 Å². The average molecular weight is 472 g/mol. The molecule has 1 saturated carbocycles. The first-order valence-electron chi connectivity index (χ1n) is 10.8. The van der Waals surface area contributed by atoms with Crippen LogP contribution in [-0.2, 0) is 0 Å². The number of nitrogens with zero attached hydrogens (tertiary/aromatic N) is 3. The van der Waals surface area contributed by atoms with E-state index in [1.54, 1.807) is 44.0 Å². The number of hydrogen-bond donors (Lipinski definition) is 0. The molecule has 4 rings (SSSR count). The molecule has 170 valence electrons. The molecule has 0 atom stereocenters. The summed E-state index contributed by atoms with van der Waals surface area (Å²) in [6, 6.07) is 8.41. The fourth-order valence-corrected chi connectivity index (χ4v) is 5.54. The van der Waals surface area contributed by atoms with E-state index < -0.39 is 0 Å². The predicted octanol–water partition coefficient (Wildman–Crippen LogP) is 5.81. The first-order chi connectivity index (χ1) is 15.6. The van der Waals surface area contributed by atoms with Gasteiger partial charge in [0.15, 0.2) is 11.5 Å². The third kappa shape index (κ3) is 4.76. The highest BCUT2D eigenvalue weighted by atomic mass is 32.1. The van der Waals surface area contributed by atoms with E-state index >= 15 is 0 Å². The van der Waals surface area contributed by atoms with E-state index in [1.165, 1.54) is 19.3 Å². The highest BCUT2D eigenvalue weighted by molar-refractivity contribution is 7.12. The highest BCUT2D eigenvalue weighted by Crippen LogP contribution is 2.41. The van der Waals surface area contributed by atoms with E-state index in [4.69, 9.17) is 24.3 Å². The molecule has 2 heterocycles. The predicted molar refractivity (Wildman–Crippen MR) is 132 cm³/mol. The number of methoxy groups -OCH3 is 3. The summed E-state index contributed by atoms with van der Waals surface area (Å²) in [5, 5.41) is 9.18. The van der Waals surface area contributed by atoms with Crippen LogP contribution < -0.4 is 19.0 Å². The average Bonchev–Trinajstić information content (AvgIpc) is 3.50. The second-order valence-electron chi connectivity index (χ2n) is 7.71. The van der Waals surface area contributed by atoms with Crippen LogP contribution in [0.25, 0.3) is 11.3 Å². The zero-order valence-electron chi connectivity index (χ0n) is 19.0. The van der Waals surface area contributed by atoms with Gasteiger partial charge in [-0.3, -0.25) is 4.99 Å². The molecule has 6 nitrogen and oxygen atoms in total. The lowest BCUT2D eigenvalue weighted by Gasteiger charge is -2.17. The van der Waals surface area contributed by atoms with Crippen molar-refractivity contribution in [2.45, 2.75) is 45.1 Å². The molecule has 2 aromatic heterocycles. The van der Waals surface area contributed by atoms with Crippen LogP contribution in [0.2, 0.25) is 0 Å². The van der Waals surface area contributed by atoms with Crippen molar-refractivity contribution in [3.05, 3.63) is 44.7 Å². The van der Waals surface area contributed by atoms with Gasteiger partial charge in [-0.15, -0.1) is 22.7 Å². The van der Waals surface area contributed by atoms with Crippen LogP contribution in [0, 0.1) is 0 Å². The maximum Gasteiger partial charge on any atom is 0.206 e. The third-order valence-electron chi connectivity index (χ3n) is 5.64. The minimum atomic E-state index is 0.360. The summed E-state index contributed by atoms with van der Waals surface area (Å²) in [5.41, 5.74) is 2.83. The number of benzene rings is 1. The molecule has 1 aliphatic carbocycles. The number of thiazole rings is 1. The number of ether oxygens (including phenoxy) is 3. The zero-order chi connectivity index (χ0) is 22.5. The van der Waals surface area contributed by atoms with Crippen LogP contribution in [-0.4, -0.2) is 37.8 Å². The second-order valence-corrected chi connectivity index (χ2v) is 9.50. The summed E-state index contributed by atoms with van der Waals surface area (Å²) in [6.07, 6.45) is 6.09. The van der Waals surface area contributed by atoms with E-state index in [9.17, 15) is 0 Å². The van der Waals surface area contributed by atoms with E-state index in [-0.39, 0.29) is 0 Å². The van der Waals surface area contributed by atoms with Crippen molar-refractivity contribution in [1.82, 2.24) is 4.68 Å². The van der Waals surface area contributed by atoms with Gasteiger partial charge < -0.3 is 14.2 Å². The van der Waals surface area contributed by atoms with Crippen molar-refractivity contribution in [3.63, 3.8) is 0 Å². The van der Waals surface area contributed by atoms with Crippen molar-refractivity contribution in [2.75, 3.05) is 21.3 Å². The Balaban J connectivity index is 1.87. The number of hydrogen-bond acceptors (Lipinski definition) is 7. The first kappa shape index (κ1) is 22.6. The molecule has 0 amide bonds. The van der Waals surface area contributed by atoms with Crippen molar-refractivity contribution in [2.24, 2.45) is 10.1 Å². The smallest absolute Gasteiger partial charge is 0.206 e. The molecule has 3 aromatic rings. The number of aromatic nitrogens is 1. The van der Waals surface area contributed by atoms with Crippen molar-refractivity contribution in [3.8, 4) is 28.5 Å². The van der Waals surface area contributed by atoms with Gasteiger partial charge in [0.25, 0.3) is 0 Å². The lowest BCUT2D eigenvalue weighted by atomic mass is 9.96. The van der Waals surface area contributed by atoms with Crippen LogP contribution in [0.4, 0.5) is 0 Å². The van der Waals surface area contributed by atoms with Gasteiger partial charge >= 0.3 is 0 Å². The first-order valence-corrected chi connectivity index (χ1v) is 12.5. The Morgan fingerprint density at radius 1 is 1.00 bits per heavy atom. The normalized spacial score (nSPS) is 15.8. The molecule has 1 aliphatic rings. The zero-order valence-corrected chi connectivity index (χ0v) is 20.6. The molecule has 1 fully saturated rings. The Bertz CT molecular complexity index is 1110. The quantitative estimate of drug-likeness (QED) is 0.409. The lowest BCUT2D eigenvalue weighted by molar-refractivity contribution is 0.324. The topological polar surface area (TPSA) is 57.3 Å². The lowest BCUT2D eigenvalue weighted by Crippen LogP contribution is -2.19. The third-order valence-corrected chi connectivity index (χ3v) is 7.45. The van der Waals surface area contributed by atoms with Crippen LogP contribution in [0.5, 0.6) is 17.2 Å². The monoisotopic (exact) mass is 471 g/mol. The fourth-order valence-electron chi connectivity index (χ4n) is 3.96. The van der Waals surface area contributed by atoms with Gasteiger partial charge in [0.2, 0.25) is 10.6 Å². The molecule has 32 heavy (non-hydrogen) atoms. The van der Waals surface area contributed by atoms with Gasteiger partial charge in [-0.1, -0.05) is 25.3 Å². The number of rotatable bonds is 7. The summed E-state index contributed by atoms with van der Waals surface area (Å²) >= 11 is 3.31. The largest absolute Gasteiger partial charge is 0.493 e. The van der Waals surface area contributed by atoms with Crippen LogP contribution in [0.15, 0.2) is 45.1 Å². The van der Waals surface area contributed by atoms with Gasteiger partial charge in [0.1, 0.15) is 0 Å². The maximum atomic E-state index is 5.58. The van der Waals surface area contributed by atoms with Crippen LogP contribution in [0.1, 0.15) is 43.9 Å². The van der Waals surface area contributed by atoms with Crippen molar-refractivity contribution in [1.29, 1.82) is 0 Å². The molecule has 0 spiro atoms. The maximum absolute atomic E-state index is 5.58. The molecule has 0 N–H and O–H groups in total. The van der Waals surface area contributed by atoms with Crippen LogP contribution >= 0.6 is 22.7 Å². The fraction of sp³-hybridized carbons (Fsp3) is 0.417. The van der Waals surface area contributed by atoms with Gasteiger partial charge in [-0.25, -0.2) is 4.68 Å². The van der Waals surface area contributed by atoms with Crippen LogP contribution in [0.3, 0.4) is 0 Å². The summed E-state index contributed by atoms with van der Waals surface area (Å²) in [5.74, 6) is 1.81. The van der Waals surface area contributed by atoms with Crippen molar-refractivity contribution < 1.29 is 14.2 Å². The molecule has 8 heteroatoms. The molecular formula is C24H29N3O3S2. The Hall–Kier alpha value is -2.58. The standard InChI is InChI=1S/C24H29N3O3S2/c1-16(22-11-8-12-31-22)26-27-19(15-32-24(27)25-18-9-6-5-7-10-18)17-13-20(28-2)23(30-4)21(14-17)29-3/h8,11-15,18H,5-7,9-10H2,1-4H3. The SMILES string of the molecule is COc1cc(-c2csc(=NC3CCCCC3)n2N=C(C)c2cccs2)cc(OC)c1OC. The van der Waals surface area contributed by atoms with Gasteiger partial charge in [0.05, 0.1) is 43.7 Å². The molecule has 0 bridgehead atoms. The van der Waals surface area contributed by atoms with E-state index in [2.05, 4.69) is 16.8 Å². The van der Waals surface area contributed by atoms with E-state index in [1.807, 2.05) is 29.8 Å². The van der Waals surface area contributed by atoms with Gasteiger partial charge in [-0.2, -0.15) is 5.10 Å². The molecular weight excluding hydrogens is 442 g/mol. The Kier molecular flexibility index (Phi) is 7.32. The molecule has 1 aromatic carbocycles. The summed E-state index contributed by atoms with van der Waals surface area (Å²) in [6.45, 7) is 2.04. The molecule has 0 radical (unpaired) electrons. The summed E-state index contributed by atoms with van der Waals surface area (Å²) < 4.78 is 18.6.